The number of aliphatic imine (C=N–C) groups is 2. The van der Waals surface area contributed by atoms with Crippen LogP contribution in [0.3, 0.4) is 0 Å². The number of ether oxygens (including phenoxy) is 4. The Morgan fingerprint density at radius 1 is 0.623 bits per heavy atom. The fourth-order valence-electron chi connectivity index (χ4n) is 14.4. The van der Waals surface area contributed by atoms with Crippen molar-refractivity contribution in [1.29, 1.82) is 0 Å². The summed E-state index contributed by atoms with van der Waals surface area (Å²) < 4.78 is 84.5. The lowest BCUT2D eigenvalue weighted by molar-refractivity contribution is -0.144. The summed E-state index contributed by atoms with van der Waals surface area (Å²) in [6.45, 7) is 35.0. The van der Waals surface area contributed by atoms with E-state index in [1.54, 1.807) is 96.9 Å². The van der Waals surface area contributed by atoms with Crippen molar-refractivity contribution in [3.8, 4) is 11.5 Å². The third kappa shape index (κ3) is 28.0. The summed E-state index contributed by atoms with van der Waals surface area (Å²) >= 11 is 0. The van der Waals surface area contributed by atoms with E-state index in [4.69, 9.17) is 36.1 Å². The Hall–Kier alpha value is -8.79. The molecule has 4 amide bonds. The molecule has 8 atom stereocenters. The van der Waals surface area contributed by atoms with Crippen LogP contribution < -0.4 is 52.7 Å². The van der Waals surface area contributed by atoms with E-state index in [-0.39, 0.29) is 86.8 Å². The molecule has 0 saturated heterocycles. The van der Waals surface area contributed by atoms with E-state index in [2.05, 4.69) is 46.3 Å². The van der Waals surface area contributed by atoms with E-state index in [0.29, 0.717) is 84.4 Å². The number of amides is 4. The Morgan fingerprint density at radius 2 is 1.15 bits per heavy atom. The molecule has 0 bridgehead atoms. The first-order valence-corrected chi connectivity index (χ1v) is 42.5. The van der Waals surface area contributed by atoms with Crippen LogP contribution in [-0.2, 0) is 88.7 Å². The van der Waals surface area contributed by atoms with E-state index in [9.17, 15) is 55.8 Å². The number of amidine groups is 1. The van der Waals surface area contributed by atoms with Crippen LogP contribution in [0.25, 0.3) is 0 Å². The number of hydrogen-bond donors (Lipinski definition) is 10. The zero-order chi connectivity index (χ0) is 86.1. The van der Waals surface area contributed by atoms with E-state index >= 15 is 14.4 Å². The molecule has 0 radical (unpaired) electrons. The highest BCUT2D eigenvalue weighted by Gasteiger charge is 2.41. The van der Waals surface area contributed by atoms with Gasteiger partial charge in [0.25, 0.3) is 10.0 Å². The smallest absolute Gasteiger partial charge is 0.408 e. The van der Waals surface area contributed by atoms with Crippen molar-refractivity contribution in [3.05, 3.63) is 56.4 Å². The van der Waals surface area contributed by atoms with Crippen molar-refractivity contribution in [3.63, 3.8) is 0 Å². The van der Waals surface area contributed by atoms with Gasteiger partial charge in [-0.05, 0) is 203 Å². The number of hydrogen-bond acceptors (Lipinski definition) is 22. The van der Waals surface area contributed by atoms with Gasteiger partial charge in [0.05, 0.1) is 45.7 Å². The minimum atomic E-state index is -4.40. The summed E-state index contributed by atoms with van der Waals surface area (Å²) in [6.07, 6.45) is 0.659. The topological polar surface area (TPSA) is 493 Å². The number of carbonyl (C=O) groups is 9. The molecule has 638 valence electrons. The molecule has 0 aliphatic carbocycles. The predicted octanol–water partition coefficient (Wildman–Crippen LogP) is 8.44. The number of nitrogens with zero attached hydrogens (tertiary/aromatic N) is 5. The molecule has 32 nitrogen and oxygen atoms in total. The quantitative estimate of drug-likeness (QED) is 0.0144. The SMILES string of the molecule is CCC(C)[C@@H](CC(=O)[C@@H](CCCN=C(N)CS(=O)(=O)c1c(C)c(C)c2c(c1C)OC(C)(C)C2)NC(=O)[C@@H](CCCN=C(N)NS(=O)(=O)c1c(C)c(C)c2c(c1C)OC(C)(C)C2)CC(=O)[C@@H](Cc1cnnn1CCCC[C@@H](N)C(=O)O)NC(=O)OC(C)(C)C)C(=O)N[C@@H](C(=O)C[C@H](CCCCNC(=O)OC(C)(C)C)C(=O)O)C(C)C. The summed E-state index contributed by atoms with van der Waals surface area (Å²) in [5, 5.41) is 38.9. The molecule has 114 heavy (non-hydrogen) atoms. The van der Waals surface area contributed by atoms with Gasteiger partial charge in [0.1, 0.15) is 51.5 Å². The number of nitrogens with one attached hydrogen (secondary N) is 5. The molecule has 1 aromatic heterocycles. The standard InChI is InChI=1S/C80H127N13O19S2/c1-21-45(4)55(71(98)90-65(44(2)3)63(96)37-53(72(99)100)28-22-24-32-86-75(103)111-77(11,12)13)39-62(95)59(31-27-33-84-64(82)43-113(105,106)68-48(7)46(5)56-40-79(17,18)109-66(56)50(68)9)88-70(97)52(29-26-34-85-74(83)91-114(107,108)69-49(8)47(6)57-41-80(19,20)110-67(57)51(69)10)36-61(94)60(89-76(104)112-78(14,15)16)38-54-42-87-92-93(54)35-25-23-30-58(81)73(101)102/h42,44-45,52-53,55,58-60,65H,21-41,43,81H2,1-20H3,(H2,82,84)(H,86,103)(H,88,97)(H,89,104)(H,90,98)(H,99,100)(H,101,102)(H3,83,85,91)/t45?,52-,53-,55+,58+,59+,60+,65+/m0/s1. The second-order valence-corrected chi connectivity index (χ2v) is 37.7. The van der Waals surface area contributed by atoms with Crippen LogP contribution in [-0.4, -0.2) is 179 Å². The summed E-state index contributed by atoms with van der Waals surface area (Å²) in [5.74, 6) is -11.2. The van der Waals surface area contributed by atoms with Crippen molar-refractivity contribution < 1.29 is 89.1 Å². The molecule has 0 saturated carbocycles. The van der Waals surface area contributed by atoms with Gasteiger partial charge in [-0.3, -0.25) is 43.5 Å². The molecule has 3 aromatic rings. The van der Waals surface area contributed by atoms with Crippen LogP contribution in [0.5, 0.6) is 11.5 Å². The maximum absolute atomic E-state index is 15.5. The predicted molar refractivity (Wildman–Crippen MR) is 432 cm³/mol. The Bertz CT molecular complexity index is 4290. The molecule has 13 N–H and O–H groups in total. The Labute approximate surface area is 672 Å². The number of aliphatic carboxylic acids is 2. The van der Waals surface area contributed by atoms with Crippen LogP contribution in [0.15, 0.2) is 26.0 Å². The average molecular weight is 1640 g/mol. The van der Waals surface area contributed by atoms with Crippen molar-refractivity contribution in [2.75, 3.05) is 25.4 Å². The van der Waals surface area contributed by atoms with Crippen LogP contribution in [0.4, 0.5) is 9.59 Å². The maximum atomic E-state index is 15.5. The van der Waals surface area contributed by atoms with Gasteiger partial charge < -0.3 is 67.6 Å². The number of sulfone groups is 1. The van der Waals surface area contributed by atoms with Crippen molar-refractivity contribution in [1.82, 2.24) is 41.0 Å². The Balaban J connectivity index is 1.54. The van der Waals surface area contributed by atoms with E-state index in [0.717, 1.165) is 22.3 Å². The molecule has 34 heteroatoms. The lowest BCUT2D eigenvalue weighted by atomic mass is 9.83. The monoisotopic (exact) mass is 1640 g/mol. The Morgan fingerprint density at radius 3 is 1.71 bits per heavy atom. The van der Waals surface area contributed by atoms with Gasteiger partial charge in [0.2, 0.25) is 17.8 Å². The number of unbranched alkanes of at least 4 members (excludes halogenated alkanes) is 2. The number of carboxylic acid groups (broad SMARTS) is 2. The van der Waals surface area contributed by atoms with Crippen molar-refractivity contribution >= 4 is 84.9 Å². The zero-order valence-corrected chi connectivity index (χ0v) is 72.1. The number of sulfonamides is 1. The fourth-order valence-corrected chi connectivity index (χ4v) is 17.7. The molecule has 2 aliphatic heterocycles. The molecule has 0 spiro atoms. The average Bonchev–Trinajstić information content (AvgIpc) is 1.53. The molecule has 0 fully saturated rings. The second-order valence-electron chi connectivity index (χ2n) is 34.1. The molecule has 3 heterocycles. The molecule has 1 unspecified atom stereocenters. The number of rotatable bonds is 44. The van der Waals surface area contributed by atoms with Gasteiger partial charge in [-0.2, -0.15) is 0 Å². The number of benzene rings is 2. The largest absolute Gasteiger partial charge is 0.487 e. The molecule has 5 rings (SSSR count). The molecule has 2 aliphatic rings. The number of aryl methyl sites for hydroxylation is 1. The lowest BCUT2D eigenvalue weighted by Crippen LogP contribution is -2.50. The summed E-state index contributed by atoms with van der Waals surface area (Å²) in [5.41, 5.74) is 21.2. The van der Waals surface area contributed by atoms with Crippen LogP contribution in [0.1, 0.15) is 237 Å². The minimum absolute atomic E-state index is 0.0238. The highest BCUT2D eigenvalue weighted by atomic mass is 32.2. The van der Waals surface area contributed by atoms with Gasteiger partial charge in [0.15, 0.2) is 27.2 Å². The van der Waals surface area contributed by atoms with Gasteiger partial charge in [-0.1, -0.05) is 45.7 Å². The van der Waals surface area contributed by atoms with Crippen molar-refractivity contribution in [2.45, 2.75) is 311 Å². The van der Waals surface area contributed by atoms with Crippen molar-refractivity contribution in [2.24, 2.45) is 56.8 Å². The highest BCUT2D eigenvalue weighted by molar-refractivity contribution is 7.92. The number of guanidine groups is 1. The molecular weight excluding hydrogens is 1510 g/mol. The number of fused-ring (bicyclic) bond motifs is 2. The first-order chi connectivity index (χ1) is 52.7. The normalized spacial score (nSPS) is 16.3. The number of nitrogens with two attached hydrogens (primary N) is 3. The molecule has 2 aromatic carbocycles. The van der Waals surface area contributed by atoms with Gasteiger partial charge in [0, 0.05) is 98.8 Å². The van der Waals surface area contributed by atoms with Gasteiger partial charge in [-0.15, -0.1) is 5.10 Å². The summed E-state index contributed by atoms with van der Waals surface area (Å²) in [7, 11) is -8.55. The number of carboxylic acids is 2. The van der Waals surface area contributed by atoms with Gasteiger partial charge >= 0.3 is 24.1 Å². The summed E-state index contributed by atoms with van der Waals surface area (Å²) in [4.78, 5) is 134. The van der Waals surface area contributed by atoms with Crippen LogP contribution >= 0.6 is 0 Å². The third-order valence-corrected chi connectivity index (χ3v) is 24.2. The number of ketones is 3. The number of Topliss-reactive ketones (excluding diaryl/α,β-unsaturated/α-hetero) is 3. The maximum Gasteiger partial charge on any atom is 0.408 e. The minimum Gasteiger partial charge on any atom is -0.487 e. The summed E-state index contributed by atoms with van der Waals surface area (Å²) in [6, 6.07) is -5.21. The van der Waals surface area contributed by atoms with Crippen LogP contribution in [0.2, 0.25) is 0 Å². The lowest BCUT2D eigenvalue weighted by Gasteiger charge is -2.29. The number of alkyl carbamates (subject to hydrolysis) is 2. The van der Waals surface area contributed by atoms with E-state index < -0.39 is 180 Å². The van der Waals surface area contributed by atoms with E-state index in [1.165, 1.54) is 10.9 Å². The fraction of sp³-hybridized carbons (Fsp3) is 0.688. The van der Waals surface area contributed by atoms with Gasteiger partial charge in [-0.25, -0.2) is 35.8 Å². The zero-order valence-electron chi connectivity index (χ0n) is 70.4. The first kappa shape index (κ1) is 95.8. The number of carbonyl (C=O) groups excluding carboxylic acids is 7. The third-order valence-electron chi connectivity index (χ3n) is 20.7. The molecular formula is C80H127N13O19S2. The highest BCUT2D eigenvalue weighted by Crippen LogP contribution is 2.46. The second kappa shape index (κ2) is 40.7. The Kier molecular flexibility index (Phi) is 34.2. The van der Waals surface area contributed by atoms with Crippen LogP contribution in [0, 0.1) is 71.1 Å². The first-order valence-electron chi connectivity index (χ1n) is 39.4. The number of aromatic nitrogens is 3. The van der Waals surface area contributed by atoms with E-state index in [1.807, 2.05) is 41.5 Å².